The summed E-state index contributed by atoms with van der Waals surface area (Å²) < 4.78 is 37.8. The van der Waals surface area contributed by atoms with E-state index in [1.165, 1.54) is 6.07 Å². The van der Waals surface area contributed by atoms with Crippen LogP contribution in [0.1, 0.15) is 21.6 Å². The predicted octanol–water partition coefficient (Wildman–Crippen LogP) is 2.71. The van der Waals surface area contributed by atoms with E-state index in [0.29, 0.717) is 5.69 Å². The summed E-state index contributed by atoms with van der Waals surface area (Å²) in [5.41, 5.74) is 0.316. The Morgan fingerprint density at radius 1 is 1.22 bits per heavy atom. The Kier molecular flexibility index (Phi) is 4.73. The Labute approximate surface area is 129 Å². The standard InChI is InChI=1S/C15H14F3N3O2/c1-9-5-12(7-19-9)21-13(22)8-20-14(23)10-3-2-4-11(6-10)15(16,17)18/h2-7,19H,8H2,1H3,(H,20,23)(H,21,22). The molecule has 0 aliphatic rings. The lowest BCUT2D eigenvalue weighted by Gasteiger charge is -2.09. The third-order valence-electron chi connectivity index (χ3n) is 2.97. The fourth-order valence-electron chi connectivity index (χ4n) is 1.88. The van der Waals surface area contributed by atoms with Crippen LogP contribution < -0.4 is 10.6 Å². The number of anilines is 1. The number of hydrogen-bond acceptors (Lipinski definition) is 2. The van der Waals surface area contributed by atoms with Gasteiger partial charge < -0.3 is 15.6 Å². The average Bonchev–Trinajstić information content (AvgIpc) is 2.89. The second-order valence-electron chi connectivity index (χ2n) is 4.88. The highest BCUT2D eigenvalue weighted by Crippen LogP contribution is 2.29. The normalized spacial score (nSPS) is 11.1. The maximum atomic E-state index is 12.6. The maximum absolute atomic E-state index is 12.6. The summed E-state index contributed by atoms with van der Waals surface area (Å²) in [7, 11) is 0. The first kappa shape index (κ1) is 16.6. The van der Waals surface area contributed by atoms with Gasteiger partial charge in [-0.05, 0) is 31.2 Å². The monoisotopic (exact) mass is 325 g/mol. The molecule has 0 atom stereocenters. The van der Waals surface area contributed by atoms with Crippen LogP contribution in [0.15, 0.2) is 36.5 Å². The van der Waals surface area contributed by atoms with Crippen molar-refractivity contribution in [3.63, 3.8) is 0 Å². The van der Waals surface area contributed by atoms with Gasteiger partial charge in [0.05, 0.1) is 17.8 Å². The van der Waals surface area contributed by atoms with Gasteiger partial charge in [-0.1, -0.05) is 6.07 Å². The molecular weight excluding hydrogens is 311 g/mol. The molecule has 0 saturated carbocycles. The second-order valence-corrected chi connectivity index (χ2v) is 4.88. The summed E-state index contributed by atoms with van der Waals surface area (Å²) in [4.78, 5) is 26.4. The predicted molar refractivity (Wildman–Crippen MR) is 77.9 cm³/mol. The van der Waals surface area contributed by atoms with Crippen LogP contribution in [-0.2, 0) is 11.0 Å². The minimum Gasteiger partial charge on any atom is -0.363 e. The van der Waals surface area contributed by atoms with Gasteiger partial charge in [-0.3, -0.25) is 9.59 Å². The summed E-state index contributed by atoms with van der Waals surface area (Å²) in [6.45, 7) is 1.46. The number of aromatic nitrogens is 1. The first-order chi connectivity index (χ1) is 10.8. The van der Waals surface area contributed by atoms with Gasteiger partial charge >= 0.3 is 6.18 Å². The second kappa shape index (κ2) is 6.55. The lowest BCUT2D eigenvalue weighted by Crippen LogP contribution is -2.32. The largest absolute Gasteiger partial charge is 0.416 e. The van der Waals surface area contributed by atoms with Crippen LogP contribution in [0, 0.1) is 6.92 Å². The molecule has 0 bridgehead atoms. The highest BCUT2D eigenvalue weighted by molar-refractivity contribution is 5.99. The van der Waals surface area contributed by atoms with E-state index in [-0.39, 0.29) is 12.1 Å². The average molecular weight is 325 g/mol. The Morgan fingerprint density at radius 2 is 1.96 bits per heavy atom. The molecule has 5 nitrogen and oxygen atoms in total. The Morgan fingerprint density at radius 3 is 2.57 bits per heavy atom. The van der Waals surface area contributed by atoms with E-state index in [1.807, 2.05) is 6.92 Å². The fraction of sp³-hybridized carbons (Fsp3) is 0.200. The molecule has 0 saturated heterocycles. The van der Waals surface area contributed by atoms with Crippen molar-refractivity contribution >= 4 is 17.5 Å². The number of hydrogen-bond donors (Lipinski definition) is 3. The number of H-pyrrole nitrogens is 1. The molecule has 1 aromatic carbocycles. The van der Waals surface area contributed by atoms with Crippen molar-refractivity contribution in [2.75, 3.05) is 11.9 Å². The zero-order chi connectivity index (χ0) is 17.0. The van der Waals surface area contributed by atoms with Crippen molar-refractivity contribution in [2.45, 2.75) is 13.1 Å². The Hall–Kier alpha value is -2.77. The van der Waals surface area contributed by atoms with E-state index in [1.54, 1.807) is 12.3 Å². The quantitative estimate of drug-likeness (QED) is 0.808. The van der Waals surface area contributed by atoms with Crippen molar-refractivity contribution in [3.8, 4) is 0 Å². The summed E-state index contributed by atoms with van der Waals surface area (Å²) in [5, 5.41) is 4.82. The fourth-order valence-corrected chi connectivity index (χ4v) is 1.88. The Bertz CT molecular complexity index is 723. The van der Waals surface area contributed by atoms with E-state index in [2.05, 4.69) is 15.6 Å². The molecule has 0 fully saturated rings. The number of alkyl halides is 3. The molecule has 122 valence electrons. The first-order valence-corrected chi connectivity index (χ1v) is 6.66. The van der Waals surface area contributed by atoms with E-state index in [0.717, 1.165) is 23.9 Å². The SMILES string of the molecule is Cc1cc(NC(=O)CNC(=O)c2cccc(C(F)(F)F)c2)c[nH]1. The molecule has 2 amide bonds. The van der Waals surface area contributed by atoms with Crippen LogP contribution in [0.5, 0.6) is 0 Å². The molecule has 3 N–H and O–H groups in total. The number of benzene rings is 1. The maximum Gasteiger partial charge on any atom is 0.416 e. The van der Waals surface area contributed by atoms with Crippen molar-refractivity contribution in [1.82, 2.24) is 10.3 Å². The van der Waals surface area contributed by atoms with Gasteiger partial charge in [-0.15, -0.1) is 0 Å². The molecule has 0 radical (unpaired) electrons. The summed E-state index contributed by atoms with van der Waals surface area (Å²) in [6, 6.07) is 5.70. The van der Waals surface area contributed by atoms with Crippen LogP contribution >= 0.6 is 0 Å². The molecule has 2 rings (SSSR count). The van der Waals surface area contributed by atoms with Crippen LogP contribution in [0.4, 0.5) is 18.9 Å². The van der Waals surface area contributed by atoms with Gasteiger partial charge in [0.2, 0.25) is 5.91 Å². The summed E-state index contributed by atoms with van der Waals surface area (Å²) >= 11 is 0. The number of halogens is 3. The van der Waals surface area contributed by atoms with Gasteiger partial charge in [0.25, 0.3) is 5.91 Å². The zero-order valence-corrected chi connectivity index (χ0v) is 12.1. The molecular formula is C15H14F3N3O2. The van der Waals surface area contributed by atoms with Crippen molar-refractivity contribution in [2.24, 2.45) is 0 Å². The number of carbonyl (C=O) groups is 2. The van der Waals surface area contributed by atoms with Gasteiger partial charge in [0.1, 0.15) is 0 Å². The topological polar surface area (TPSA) is 74.0 Å². The highest BCUT2D eigenvalue weighted by atomic mass is 19.4. The van der Waals surface area contributed by atoms with Gasteiger partial charge in [0.15, 0.2) is 0 Å². The molecule has 8 heteroatoms. The lowest BCUT2D eigenvalue weighted by molar-refractivity contribution is -0.137. The minimum atomic E-state index is -4.53. The highest BCUT2D eigenvalue weighted by Gasteiger charge is 2.30. The van der Waals surface area contributed by atoms with Gasteiger partial charge in [0, 0.05) is 17.5 Å². The number of aromatic amines is 1. The molecule has 23 heavy (non-hydrogen) atoms. The number of nitrogens with one attached hydrogen (secondary N) is 3. The van der Waals surface area contributed by atoms with Gasteiger partial charge in [-0.25, -0.2) is 0 Å². The van der Waals surface area contributed by atoms with Crippen LogP contribution in [-0.4, -0.2) is 23.3 Å². The molecule has 2 aromatic rings. The van der Waals surface area contributed by atoms with E-state index >= 15 is 0 Å². The van der Waals surface area contributed by atoms with Crippen LogP contribution in [0.2, 0.25) is 0 Å². The number of amides is 2. The van der Waals surface area contributed by atoms with Crippen LogP contribution in [0.25, 0.3) is 0 Å². The van der Waals surface area contributed by atoms with Crippen LogP contribution in [0.3, 0.4) is 0 Å². The van der Waals surface area contributed by atoms with E-state index < -0.39 is 23.6 Å². The molecule has 0 aliphatic carbocycles. The first-order valence-electron chi connectivity index (χ1n) is 6.66. The molecule has 0 spiro atoms. The smallest absolute Gasteiger partial charge is 0.363 e. The molecule has 1 heterocycles. The van der Waals surface area contributed by atoms with E-state index in [9.17, 15) is 22.8 Å². The third kappa shape index (κ3) is 4.60. The minimum absolute atomic E-state index is 0.162. The third-order valence-corrected chi connectivity index (χ3v) is 2.97. The van der Waals surface area contributed by atoms with E-state index in [4.69, 9.17) is 0 Å². The lowest BCUT2D eigenvalue weighted by atomic mass is 10.1. The molecule has 0 aliphatic heterocycles. The number of aryl methyl sites for hydroxylation is 1. The molecule has 1 aromatic heterocycles. The number of carbonyl (C=O) groups excluding carboxylic acids is 2. The zero-order valence-electron chi connectivity index (χ0n) is 12.1. The number of rotatable bonds is 4. The summed E-state index contributed by atoms with van der Waals surface area (Å²) in [6.07, 6.45) is -2.94. The van der Waals surface area contributed by atoms with Gasteiger partial charge in [-0.2, -0.15) is 13.2 Å². The molecule has 0 unspecified atom stereocenters. The Balaban J connectivity index is 1.93. The summed E-state index contributed by atoms with van der Waals surface area (Å²) in [5.74, 6) is -1.24. The van der Waals surface area contributed by atoms with Crippen molar-refractivity contribution in [3.05, 3.63) is 53.3 Å². The van der Waals surface area contributed by atoms with Crippen molar-refractivity contribution < 1.29 is 22.8 Å². The van der Waals surface area contributed by atoms with Crippen molar-refractivity contribution in [1.29, 1.82) is 0 Å².